The van der Waals surface area contributed by atoms with Crippen LogP contribution >= 0.6 is 23.2 Å². The Morgan fingerprint density at radius 3 is 2.53 bits per heavy atom. The van der Waals surface area contributed by atoms with Crippen molar-refractivity contribution in [3.63, 3.8) is 0 Å². The molecule has 2 aromatic heterocycles. The summed E-state index contributed by atoms with van der Waals surface area (Å²) in [4.78, 5) is 0. The van der Waals surface area contributed by atoms with Crippen LogP contribution in [0, 0.1) is 0 Å². The van der Waals surface area contributed by atoms with E-state index < -0.39 is 0 Å². The minimum Gasteiger partial charge on any atom is -0.443 e. The fourth-order valence-electron chi connectivity index (χ4n) is 1.84. The first-order valence-corrected chi connectivity index (χ1v) is 6.18. The van der Waals surface area contributed by atoms with Crippen molar-refractivity contribution in [3.05, 3.63) is 46.6 Å². The van der Waals surface area contributed by atoms with Gasteiger partial charge >= 0.3 is 0 Å². The van der Waals surface area contributed by atoms with Gasteiger partial charge in [0.25, 0.3) is 0 Å². The molecule has 19 heavy (non-hydrogen) atoms. The predicted octanol–water partition coefficient (Wildman–Crippen LogP) is 4.49. The number of hydrogen-bond donors (Lipinski definition) is 1. The number of anilines is 1. The Labute approximate surface area is 118 Å². The monoisotopic (exact) mass is 294 g/mol. The summed E-state index contributed by atoms with van der Waals surface area (Å²) in [7, 11) is 0. The number of nitrogens with zero attached hydrogens (tertiary/aromatic N) is 1. The fourth-order valence-corrected chi connectivity index (χ4v) is 2.21. The summed E-state index contributed by atoms with van der Waals surface area (Å²) < 4.78 is 10.4. The highest BCUT2D eigenvalue weighted by atomic mass is 35.5. The molecule has 0 spiro atoms. The van der Waals surface area contributed by atoms with Crippen molar-refractivity contribution in [1.29, 1.82) is 0 Å². The predicted molar refractivity (Wildman–Crippen MR) is 74.1 cm³/mol. The average molecular weight is 295 g/mol. The summed E-state index contributed by atoms with van der Waals surface area (Å²) >= 11 is 11.9. The Bertz CT molecular complexity index is 734. The van der Waals surface area contributed by atoms with Crippen molar-refractivity contribution in [3.8, 4) is 22.6 Å². The number of halogens is 2. The summed E-state index contributed by atoms with van der Waals surface area (Å²) in [5, 5.41) is 4.72. The first-order chi connectivity index (χ1) is 9.16. The molecule has 0 unspecified atom stereocenters. The van der Waals surface area contributed by atoms with E-state index in [9.17, 15) is 0 Å². The Morgan fingerprint density at radius 1 is 1.05 bits per heavy atom. The third-order valence-electron chi connectivity index (χ3n) is 2.67. The smallest absolute Gasteiger partial charge is 0.230 e. The minimum atomic E-state index is 0.177. The molecule has 3 aromatic rings. The lowest BCUT2D eigenvalue weighted by Gasteiger charge is -2.03. The molecule has 6 heteroatoms. The molecule has 0 atom stereocenters. The van der Waals surface area contributed by atoms with E-state index in [1.807, 2.05) is 18.2 Å². The molecule has 1 aromatic carbocycles. The molecule has 2 heterocycles. The number of aromatic nitrogens is 1. The third kappa shape index (κ3) is 2.09. The number of nitrogens with two attached hydrogens (primary N) is 1. The molecule has 2 N–H and O–H groups in total. The van der Waals surface area contributed by atoms with Crippen LogP contribution in [0.4, 0.5) is 5.88 Å². The van der Waals surface area contributed by atoms with Crippen molar-refractivity contribution in [2.75, 3.05) is 5.73 Å². The lowest BCUT2D eigenvalue weighted by Crippen LogP contribution is -1.87. The van der Waals surface area contributed by atoms with Crippen LogP contribution in [-0.2, 0) is 0 Å². The topological polar surface area (TPSA) is 65.2 Å². The number of rotatable bonds is 2. The number of furan rings is 1. The summed E-state index contributed by atoms with van der Waals surface area (Å²) in [6.45, 7) is 0. The minimum absolute atomic E-state index is 0.177. The standard InChI is InChI=1S/C13H8Cl2N2O2/c14-8-4-2-1-3-7(8)11-12(17-19-13(11)16)9-5-6-10(15)18-9/h1-6H,16H2. The Morgan fingerprint density at radius 2 is 1.84 bits per heavy atom. The quantitative estimate of drug-likeness (QED) is 0.756. The first kappa shape index (κ1) is 12.1. The van der Waals surface area contributed by atoms with Gasteiger partial charge in [0.2, 0.25) is 5.88 Å². The fraction of sp³-hybridized carbons (Fsp3) is 0. The van der Waals surface area contributed by atoms with Gasteiger partial charge in [-0.25, -0.2) is 0 Å². The highest BCUT2D eigenvalue weighted by Gasteiger charge is 2.21. The van der Waals surface area contributed by atoms with E-state index in [2.05, 4.69) is 5.16 Å². The van der Waals surface area contributed by atoms with Gasteiger partial charge in [0.1, 0.15) is 0 Å². The molecule has 0 aliphatic carbocycles. The summed E-state index contributed by atoms with van der Waals surface area (Å²) in [5.41, 5.74) is 7.62. The third-order valence-corrected chi connectivity index (χ3v) is 3.20. The zero-order valence-electron chi connectivity index (χ0n) is 9.56. The molecular formula is C13H8Cl2N2O2. The largest absolute Gasteiger partial charge is 0.443 e. The lowest BCUT2D eigenvalue weighted by atomic mass is 10.0. The van der Waals surface area contributed by atoms with Gasteiger partial charge in [-0.1, -0.05) is 35.0 Å². The van der Waals surface area contributed by atoms with Crippen LogP contribution in [0.15, 0.2) is 45.3 Å². The highest BCUT2D eigenvalue weighted by molar-refractivity contribution is 6.33. The summed E-state index contributed by atoms with van der Waals surface area (Å²) in [6.07, 6.45) is 0. The molecule has 0 fully saturated rings. The van der Waals surface area contributed by atoms with Crippen molar-refractivity contribution in [1.82, 2.24) is 5.16 Å². The second kappa shape index (κ2) is 4.64. The van der Waals surface area contributed by atoms with Crippen LogP contribution in [0.2, 0.25) is 10.2 Å². The molecule has 0 aliphatic heterocycles. The van der Waals surface area contributed by atoms with Gasteiger partial charge in [-0.15, -0.1) is 0 Å². The molecule has 0 amide bonds. The van der Waals surface area contributed by atoms with E-state index in [4.69, 9.17) is 37.9 Å². The van der Waals surface area contributed by atoms with Gasteiger partial charge < -0.3 is 14.7 Å². The first-order valence-electron chi connectivity index (χ1n) is 5.42. The summed E-state index contributed by atoms with van der Waals surface area (Å²) in [5.74, 6) is 0.649. The van der Waals surface area contributed by atoms with Crippen molar-refractivity contribution >= 4 is 29.1 Å². The van der Waals surface area contributed by atoms with E-state index >= 15 is 0 Å². The molecule has 0 saturated carbocycles. The lowest BCUT2D eigenvalue weighted by molar-refractivity contribution is 0.436. The number of nitrogen functional groups attached to an aromatic ring is 1. The maximum Gasteiger partial charge on any atom is 0.230 e. The van der Waals surface area contributed by atoms with Gasteiger partial charge in [0, 0.05) is 10.6 Å². The van der Waals surface area contributed by atoms with E-state index in [0.29, 0.717) is 22.0 Å². The van der Waals surface area contributed by atoms with Crippen LogP contribution in [0.3, 0.4) is 0 Å². The maximum atomic E-state index is 6.17. The molecule has 0 radical (unpaired) electrons. The van der Waals surface area contributed by atoms with E-state index in [1.54, 1.807) is 18.2 Å². The average Bonchev–Trinajstić information content (AvgIpc) is 2.96. The molecule has 0 saturated heterocycles. The van der Waals surface area contributed by atoms with E-state index in [-0.39, 0.29) is 11.1 Å². The summed E-state index contributed by atoms with van der Waals surface area (Å²) in [6, 6.07) is 10.6. The number of benzene rings is 1. The Hall–Kier alpha value is -1.91. The Balaban J connectivity index is 2.22. The molecule has 3 rings (SSSR count). The SMILES string of the molecule is Nc1onc(-c2ccc(Cl)o2)c1-c1ccccc1Cl. The van der Waals surface area contributed by atoms with Crippen LogP contribution in [0.5, 0.6) is 0 Å². The second-order valence-corrected chi connectivity index (χ2v) is 4.63. The maximum absolute atomic E-state index is 6.17. The second-order valence-electron chi connectivity index (χ2n) is 3.85. The molecule has 4 nitrogen and oxygen atoms in total. The zero-order chi connectivity index (χ0) is 13.4. The Kier molecular flexibility index (Phi) is 2.97. The number of hydrogen-bond acceptors (Lipinski definition) is 4. The van der Waals surface area contributed by atoms with Crippen LogP contribution in [0.1, 0.15) is 0 Å². The molecular weight excluding hydrogens is 287 g/mol. The van der Waals surface area contributed by atoms with Crippen LogP contribution < -0.4 is 5.73 Å². The van der Waals surface area contributed by atoms with Crippen molar-refractivity contribution < 1.29 is 8.94 Å². The van der Waals surface area contributed by atoms with Gasteiger partial charge in [-0.05, 0) is 29.8 Å². The van der Waals surface area contributed by atoms with Gasteiger partial charge in [0.15, 0.2) is 16.7 Å². The van der Waals surface area contributed by atoms with Crippen molar-refractivity contribution in [2.45, 2.75) is 0 Å². The van der Waals surface area contributed by atoms with E-state index in [0.717, 1.165) is 5.56 Å². The van der Waals surface area contributed by atoms with Gasteiger partial charge in [0.05, 0.1) is 5.56 Å². The molecule has 0 bridgehead atoms. The molecule has 96 valence electrons. The van der Waals surface area contributed by atoms with E-state index in [1.165, 1.54) is 0 Å². The van der Waals surface area contributed by atoms with Crippen LogP contribution in [0.25, 0.3) is 22.6 Å². The van der Waals surface area contributed by atoms with Crippen molar-refractivity contribution in [2.24, 2.45) is 0 Å². The normalized spacial score (nSPS) is 10.8. The van der Waals surface area contributed by atoms with Gasteiger partial charge in [-0.3, -0.25) is 0 Å². The molecule has 0 aliphatic rings. The highest BCUT2D eigenvalue weighted by Crippen LogP contribution is 2.40. The van der Waals surface area contributed by atoms with Gasteiger partial charge in [-0.2, -0.15) is 0 Å². The van der Waals surface area contributed by atoms with Crippen LogP contribution in [-0.4, -0.2) is 5.16 Å². The zero-order valence-corrected chi connectivity index (χ0v) is 11.1.